The van der Waals surface area contributed by atoms with Gasteiger partial charge in [0.15, 0.2) is 0 Å². The summed E-state index contributed by atoms with van der Waals surface area (Å²) in [7, 11) is 0. The first-order chi connectivity index (χ1) is 16.7. The van der Waals surface area contributed by atoms with Gasteiger partial charge in [-0.15, -0.1) is 0 Å². The van der Waals surface area contributed by atoms with Crippen LogP contribution in [0.1, 0.15) is 12.5 Å². The summed E-state index contributed by atoms with van der Waals surface area (Å²) in [5.41, 5.74) is 2.93. The van der Waals surface area contributed by atoms with Gasteiger partial charge in [0.05, 0.1) is 0 Å². The quantitative estimate of drug-likeness (QED) is 0.155. The van der Waals surface area contributed by atoms with Gasteiger partial charge in [0.2, 0.25) is 10.9 Å². The van der Waals surface area contributed by atoms with E-state index in [1.165, 1.54) is 18.2 Å². The van der Waals surface area contributed by atoms with Gasteiger partial charge in [0.25, 0.3) is 0 Å². The van der Waals surface area contributed by atoms with Gasteiger partial charge in [-0.2, -0.15) is 4.39 Å². The molecule has 0 radical (unpaired) electrons. The number of benzene rings is 3. The summed E-state index contributed by atoms with van der Waals surface area (Å²) >= 11 is 1.08. The molecule has 0 bridgehead atoms. The van der Waals surface area contributed by atoms with Crippen molar-refractivity contribution in [1.29, 1.82) is 0 Å². The second-order valence-corrected chi connectivity index (χ2v) is 8.41. The van der Waals surface area contributed by atoms with Crippen LogP contribution in [-0.2, 0) is 14.4 Å². The van der Waals surface area contributed by atoms with Gasteiger partial charge in [-0.1, -0.05) is 55.6 Å². The van der Waals surface area contributed by atoms with E-state index in [2.05, 4.69) is 13.2 Å². The molecule has 0 fully saturated rings. The molecule has 35 heavy (non-hydrogen) atoms. The van der Waals surface area contributed by atoms with E-state index in [0.29, 0.717) is 16.9 Å². The number of ether oxygens (including phenoxy) is 2. The molecule has 0 aliphatic carbocycles. The van der Waals surface area contributed by atoms with Crippen molar-refractivity contribution in [2.75, 3.05) is 0 Å². The molecule has 0 aliphatic rings. The highest BCUT2D eigenvalue weighted by Crippen LogP contribution is 2.27. The van der Waals surface area contributed by atoms with E-state index in [4.69, 9.17) is 9.47 Å². The van der Waals surface area contributed by atoms with Crippen LogP contribution in [-0.4, -0.2) is 17.1 Å². The average Bonchev–Trinajstić information content (AvgIpc) is 2.84. The van der Waals surface area contributed by atoms with Gasteiger partial charge in [0.1, 0.15) is 11.5 Å². The third-order valence-corrected chi connectivity index (χ3v) is 5.39. The summed E-state index contributed by atoms with van der Waals surface area (Å²) in [6.07, 6.45) is 3.07. The molecule has 0 aliphatic heterocycles. The molecule has 7 heteroatoms. The lowest BCUT2D eigenvalue weighted by molar-refractivity contribution is -0.132. The van der Waals surface area contributed by atoms with E-state index in [1.807, 2.05) is 36.4 Å². The van der Waals surface area contributed by atoms with Gasteiger partial charge >= 0.3 is 11.9 Å². The number of carbonyl (C=O) groups is 3. The highest BCUT2D eigenvalue weighted by Gasteiger charge is 2.09. The fourth-order valence-corrected chi connectivity index (χ4v) is 3.39. The van der Waals surface area contributed by atoms with Crippen molar-refractivity contribution in [2.24, 2.45) is 0 Å². The summed E-state index contributed by atoms with van der Waals surface area (Å²) in [6.45, 7) is 8.02. The minimum absolute atomic E-state index is 0.161. The van der Waals surface area contributed by atoms with Gasteiger partial charge in [-0.05, 0) is 77.9 Å². The van der Waals surface area contributed by atoms with Crippen LogP contribution < -0.4 is 9.47 Å². The molecule has 0 heterocycles. The monoisotopic (exact) mass is 488 g/mol. The van der Waals surface area contributed by atoms with E-state index < -0.39 is 17.8 Å². The maximum Gasteiger partial charge on any atom is 0.371 e. The third kappa shape index (κ3) is 7.65. The van der Waals surface area contributed by atoms with Crippen molar-refractivity contribution in [3.63, 3.8) is 0 Å². The molecule has 176 valence electrons. The fraction of sp³-hybridized carbons (Fsp3) is 0.0357. The Kier molecular flexibility index (Phi) is 8.53. The van der Waals surface area contributed by atoms with Crippen LogP contribution in [0.15, 0.2) is 108 Å². The lowest BCUT2D eigenvalue weighted by Gasteiger charge is -2.06. The average molecular weight is 489 g/mol. The van der Waals surface area contributed by atoms with E-state index in [1.54, 1.807) is 37.3 Å². The zero-order valence-electron chi connectivity index (χ0n) is 18.8. The number of rotatable bonds is 8. The molecule has 3 aromatic rings. The highest BCUT2D eigenvalue weighted by atomic mass is 32.2. The Morgan fingerprint density at radius 3 is 1.77 bits per heavy atom. The second kappa shape index (κ2) is 11.8. The molecule has 0 N–H and O–H groups in total. The Bertz CT molecular complexity index is 1290. The molecular formula is C28H21FO5S. The minimum atomic E-state index is -1.18. The number of halogens is 1. The van der Waals surface area contributed by atoms with Crippen LogP contribution in [0, 0.1) is 0 Å². The SMILES string of the molecule is C=C(C)C(=O)Oc1ccc(-c2ccc(SC(=O)/C=C/c3ccc(OC(=O)C(=C)F)cc3)cc2)cc1. The fourth-order valence-electron chi connectivity index (χ4n) is 2.75. The Morgan fingerprint density at radius 1 is 0.771 bits per heavy atom. The van der Waals surface area contributed by atoms with E-state index in [-0.39, 0.29) is 10.9 Å². The lowest BCUT2D eigenvalue weighted by atomic mass is 10.1. The largest absolute Gasteiger partial charge is 0.423 e. The topological polar surface area (TPSA) is 69.7 Å². The predicted octanol–water partition coefficient (Wildman–Crippen LogP) is 6.56. The zero-order valence-corrected chi connectivity index (χ0v) is 19.6. The van der Waals surface area contributed by atoms with Crippen LogP contribution >= 0.6 is 11.8 Å². The summed E-state index contributed by atoms with van der Waals surface area (Å²) in [6, 6.07) is 20.9. The van der Waals surface area contributed by atoms with Crippen molar-refractivity contribution in [1.82, 2.24) is 0 Å². The molecule has 0 spiro atoms. The summed E-state index contributed by atoms with van der Waals surface area (Å²) in [4.78, 5) is 35.9. The molecule has 0 saturated carbocycles. The van der Waals surface area contributed by atoms with Gasteiger partial charge in [-0.25, -0.2) is 9.59 Å². The molecule has 0 aromatic heterocycles. The Labute approximate surface area is 206 Å². The van der Waals surface area contributed by atoms with Gasteiger partial charge in [-0.3, -0.25) is 4.79 Å². The first kappa shape index (κ1) is 25.4. The Balaban J connectivity index is 1.55. The smallest absolute Gasteiger partial charge is 0.371 e. The molecular weight excluding hydrogens is 467 g/mol. The first-order valence-corrected chi connectivity index (χ1v) is 11.2. The number of hydrogen-bond donors (Lipinski definition) is 0. The van der Waals surface area contributed by atoms with Crippen molar-refractivity contribution in [3.8, 4) is 22.6 Å². The highest BCUT2D eigenvalue weighted by molar-refractivity contribution is 8.14. The van der Waals surface area contributed by atoms with E-state index in [9.17, 15) is 18.8 Å². The van der Waals surface area contributed by atoms with Gasteiger partial charge in [0, 0.05) is 10.5 Å². The lowest BCUT2D eigenvalue weighted by Crippen LogP contribution is -2.07. The maximum atomic E-state index is 12.7. The number of thioether (sulfide) groups is 1. The van der Waals surface area contributed by atoms with Crippen LogP contribution in [0.2, 0.25) is 0 Å². The first-order valence-electron chi connectivity index (χ1n) is 10.4. The van der Waals surface area contributed by atoms with Crippen molar-refractivity contribution in [2.45, 2.75) is 11.8 Å². The minimum Gasteiger partial charge on any atom is -0.423 e. The summed E-state index contributed by atoms with van der Waals surface area (Å²) in [5.74, 6) is -2.18. The third-order valence-electron chi connectivity index (χ3n) is 4.54. The van der Waals surface area contributed by atoms with Crippen molar-refractivity contribution < 1.29 is 28.2 Å². The van der Waals surface area contributed by atoms with Crippen LogP contribution in [0.3, 0.4) is 0 Å². The zero-order chi connectivity index (χ0) is 25.4. The molecule has 0 atom stereocenters. The molecule has 0 saturated heterocycles. The molecule has 0 unspecified atom stereocenters. The number of carbonyl (C=O) groups excluding carboxylic acids is 3. The Morgan fingerprint density at radius 2 is 1.26 bits per heavy atom. The molecule has 5 nitrogen and oxygen atoms in total. The standard InChI is InChI=1S/C28H21FO5S/c1-18(2)27(31)33-24-13-7-21(8-14-24)22-9-15-25(16-10-22)35-26(30)17-6-20-4-11-23(12-5-20)34-28(32)19(3)29/h4-17H,1,3H2,2H3/b17-6+. The summed E-state index contributed by atoms with van der Waals surface area (Å²) in [5, 5.41) is -0.161. The number of esters is 2. The maximum absolute atomic E-state index is 12.7. The molecule has 3 rings (SSSR count). The van der Waals surface area contributed by atoms with Crippen LogP contribution in [0.5, 0.6) is 11.5 Å². The predicted molar refractivity (Wildman–Crippen MR) is 135 cm³/mol. The van der Waals surface area contributed by atoms with E-state index in [0.717, 1.165) is 27.8 Å². The van der Waals surface area contributed by atoms with Crippen LogP contribution in [0.4, 0.5) is 4.39 Å². The normalized spacial score (nSPS) is 10.6. The Hall–Kier alpha value is -4.23. The summed E-state index contributed by atoms with van der Waals surface area (Å²) < 4.78 is 22.7. The number of hydrogen-bond acceptors (Lipinski definition) is 6. The van der Waals surface area contributed by atoms with Crippen molar-refractivity contribution in [3.05, 3.63) is 109 Å². The van der Waals surface area contributed by atoms with Gasteiger partial charge < -0.3 is 9.47 Å². The molecule has 3 aromatic carbocycles. The van der Waals surface area contributed by atoms with Crippen LogP contribution in [0.25, 0.3) is 17.2 Å². The van der Waals surface area contributed by atoms with E-state index >= 15 is 0 Å². The molecule has 0 amide bonds. The second-order valence-electron chi connectivity index (χ2n) is 7.34. The van der Waals surface area contributed by atoms with Crippen molar-refractivity contribution >= 4 is 34.9 Å².